The lowest BCUT2D eigenvalue weighted by Gasteiger charge is -2.25. The van der Waals surface area contributed by atoms with Gasteiger partial charge in [-0.3, -0.25) is 0 Å². The highest BCUT2D eigenvalue weighted by molar-refractivity contribution is 6.07. The lowest BCUT2D eigenvalue weighted by Crippen LogP contribution is -2.17. The number of rotatable bonds is 0. The Morgan fingerprint density at radius 3 is 1.68 bits per heavy atom. The van der Waals surface area contributed by atoms with E-state index in [4.69, 9.17) is 4.42 Å². The lowest BCUT2D eigenvalue weighted by molar-refractivity contribution is 0.589. The minimum absolute atomic E-state index is 0.00899. The Morgan fingerprint density at radius 1 is 0.483 bits per heavy atom. The van der Waals surface area contributed by atoms with Gasteiger partial charge < -0.3 is 4.42 Å². The zero-order valence-corrected chi connectivity index (χ0v) is 38.2. The van der Waals surface area contributed by atoms with Crippen LogP contribution in [0.1, 0.15) is 146 Å². The van der Waals surface area contributed by atoms with Gasteiger partial charge in [0, 0.05) is 21.6 Å². The number of hydrogen-bond donors (Lipinski definition) is 0. The molecule has 0 atom stereocenters. The lowest BCUT2D eigenvalue weighted by atomic mass is 9.79. The molecule has 0 unspecified atom stereocenters. The Bertz CT molecular complexity index is 2900. The standard InChI is InChI=1S/2C20H21N.C17H18O/c1-19(2,3)14-7-9-18-16(11-14)15-10-13(12-21)6-8-17(15)20(18,4)5;1-19(2,3)15-7-6-8-16-18(15)14-10-9-13(12-21)11-17(14)20(16,4)5;1-11-8-9-12-15(10-11)18-14-7-5-6-13(16(12)14)17(2,3)4/h2*6-11H,1-5H3;5-10H,1-4H3. The number of nitriles is 2. The first kappa shape index (κ1) is 42.2. The molecule has 2 aliphatic carbocycles. The Kier molecular flexibility index (Phi) is 10.3. The van der Waals surface area contributed by atoms with E-state index in [1.807, 2.05) is 18.2 Å². The highest BCUT2D eigenvalue weighted by Crippen LogP contribution is 2.52. The summed E-state index contributed by atoms with van der Waals surface area (Å²) in [5.74, 6) is 0. The van der Waals surface area contributed by atoms with Crippen LogP contribution in [0, 0.1) is 29.6 Å². The molecule has 1 aromatic heterocycles. The maximum atomic E-state index is 9.19. The van der Waals surface area contributed by atoms with E-state index in [1.54, 1.807) is 0 Å². The fourth-order valence-electron chi connectivity index (χ4n) is 9.35. The molecule has 0 radical (unpaired) electrons. The fourth-order valence-corrected chi connectivity index (χ4v) is 9.35. The third-order valence-corrected chi connectivity index (χ3v) is 12.8. The molecule has 3 heteroatoms. The van der Waals surface area contributed by atoms with Gasteiger partial charge in [-0.2, -0.15) is 10.5 Å². The van der Waals surface area contributed by atoms with Crippen molar-refractivity contribution in [2.24, 2.45) is 0 Å². The van der Waals surface area contributed by atoms with Crippen molar-refractivity contribution in [1.29, 1.82) is 10.5 Å². The Balaban J connectivity index is 0.000000137. The van der Waals surface area contributed by atoms with Crippen molar-refractivity contribution >= 4 is 21.9 Å². The largest absolute Gasteiger partial charge is 0.456 e. The van der Waals surface area contributed by atoms with Gasteiger partial charge in [-0.25, -0.2) is 0 Å². The van der Waals surface area contributed by atoms with Gasteiger partial charge in [0.05, 0.1) is 23.3 Å². The van der Waals surface area contributed by atoms with E-state index >= 15 is 0 Å². The summed E-state index contributed by atoms with van der Waals surface area (Å²) in [5.41, 5.74) is 19.6. The van der Waals surface area contributed by atoms with E-state index in [0.717, 1.165) is 22.3 Å². The van der Waals surface area contributed by atoms with E-state index in [2.05, 4.69) is 200 Å². The normalized spacial score (nSPS) is 14.4. The predicted octanol–water partition coefficient (Wildman–Crippen LogP) is 15.5. The molecule has 6 aromatic carbocycles. The number of furan rings is 1. The quantitative estimate of drug-likeness (QED) is 0.154. The predicted molar refractivity (Wildman–Crippen MR) is 252 cm³/mol. The second kappa shape index (κ2) is 14.7. The second-order valence-corrected chi connectivity index (χ2v) is 21.0. The minimum Gasteiger partial charge on any atom is -0.456 e. The molecule has 2 aliphatic rings. The molecular formula is C57H60N2O. The third-order valence-electron chi connectivity index (χ3n) is 12.8. The molecule has 60 heavy (non-hydrogen) atoms. The van der Waals surface area contributed by atoms with Crippen LogP contribution in [-0.2, 0) is 27.1 Å². The molecule has 3 nitrogen and oxygen atoms in total. The minimum atomic E-state index is -0.0429. The Hall–Kier alpha value is -5.90. The number of nitrogens with zero attached hydrogens (tertiary/aromatic N) is 2. The summed E-state index contributed by atoms with van der Waals surface area (Å²) < 4.78 is 5.97. The van der Waals surface area contributed by atoms with Crippen LogP contribution < -0.4 is 0 Å². The Labute approximate surface area is 358 Å². The molecule has 0 fully saturated rings. The summed E-state index contributed by atoms with van der Waals surface area (Å²) in [5, 5.41) is 20.9. The topological polar surface area (TPSA) is 60.7 Å². The summed E-state index contributed by atoms with van der Waals surface area (Å²) in [6.45, 7) is 31.4. The maximum Gasteiger partial charge on any atom is 0.135 e. The van der Waals surface area contributed by atoms with Crippen LogP contribution in [0.2, 0.25) is 0 Å². The summed E-state index contributed by atoms with van der Waals surface area (Å²) in [7, 11) is 0. The van der Waals surface area contributed by atoms with Gasteiger partial charge in [-0.15, -0.1) is 0 Å². The van der Waals surface area contributed by atoms with Crippen molar-refractivity contribution in [2.45, 2.75) is 124 Å². The number of hydrogen-bond acceptors (Lipinski definition) is 3. The van der Waals surface area contributed by atoms with Crippen LogP contribution in [0.4, 0.5) is 0 Å². The van der Waals surface area contributed by atoms with E-state index in [-0.39, 0.29) is 27.1 Å². The van der Waals surface area contributed by atoms with Gasteiger partial charge in [0.15, 0.2) is 0 Å². The highest BCUT2D eigenvalue weighted by Gasteiger charge is 2.39. The van der Waals surface area contributed by atoms with Gasteiger partial charge >= 0.3 is 0 Å². The van der Waals surface area contributed by atoms with Crippen LogP contribution >= 0.6 is 0 Å². The van der Waals surface area contributed by atoms with Gasteiger partial charge in [0.25, 0.3) is 0 Å². The number of fused-ring (bicyclic) bond motifs is 9. The first-order chi connectivity index (χ1) is 28.0. The average Bonchev–Trinajstić information content (AvgIpc) is 3.75. The van der Waals surface area contributed by atoms with Crippen LogP contribution in [0.5, 0.6) is 0 Å². The Morgan fingerprint density at radius 2 is 1.05 bits per heavy atom. The first-order valence-corrected chi connectivity index (χ1v) is 21.3. The van der Waals surface area contributed by atoms with E-state index in [1.165, 1.54) is 77.5 Å². The summed E-state index contributed by atoms with van der Waals surface area (Å²) in [6.07, 6.45) is 0. The van der Waals surface area contributed by atoms with E-state index < -0.39 is 0 Å². The smallest absolute Gasteiger partial charge is 0.135 e. The number of benzene rings is 6. The van der Waals surface area contributed by atoms with Gasteiger partial charge in [-0.05, 0) is 126 Å². The fraction of sp³-hybridized carbons (Fsp3) is 0.333. The van der Waals surface area contributed by atoms with E-state index in [9.17, 15) is 10.5 Å². The summed E-state index contributed by atoms with van der Waals surface area (Å²) in [4.78, 5) is 0. The molecule has 0 spiro atoms. The van der Waals surface area contributed by atoms with Crippen LogP contribution in [0.25, 0.3) is 44.2 Å². The molecule has 9 rings (SSSR count). The van der Waals surface area contributed by atoms with E-state index in [0.29, 0.717) is 0 Å². The van der Waals surface area contributed by atoms with Crippen molar-refractivity contribution in [3.63, 3.8) is 0 Å². The molecule has 0 amide bonds. The molecular weight excluding hydrogens is 729 g/mol. The van der Waals surface area contributed by atoms with Crippen molar-refractivity contribution in [1.82, 2.24) is 0 Å². The van der Waals surface area contributed by atoms with Crippen molar-refractivity contribution in [3.05, 3.63) is 165 Å². The highest BCUT2D eigenvalue weighted by atomic mass is 16.3. The van der Waals surface area contributed by atoms with Crippen LogP contribution in [0.3, 0.4) is 0 Å². The maximum absolute atomic E-state index is 9.19. The van der Waals surface area contributed by atoms with Crippen molar-refractivity contribution < 1.29 is 4.42 Å². The zero-order chi connectivity index (χ0) is 43.7. The zero-order valence-electron chi connectivity index (χ0n) is 38.2. The van der Waals surface area contributed by atoms with Crippen LogP contribution in [-0.4, -0.2) is 0 Å². The van der Waals surface area contributed by atoms with Crippen LogP contribution in [0.15, 0.2) is 114 Å². The molecule has 0 N–H and O–H groups in total. The molecule has 0 aliphatic heterocycles. The molecule has 0 bridgehead atoms. The summed E-state index contributed by atoms with van der Waals surface area (Å²) >= 11 is 0. The second-order valence-electron chi connectivity index (χ2n) is 21.0. The first-order valence-electron chi connectivity index (χ1n) is 21.3. The summed E-state index contributed by atoms with van der Waals surface area (Å²) in [6, 6.07) is 43.0. The SMILES string of the molecule is CC(C)(C)c1ccc2c(c1)-c1cc(C#N)ccc1C2(C)C.CC(C)(C)c1cccc2c1-c1ccc(C#N)cc1C2(C)C.Cc1ccc2c(c1)oc1cccc(C(C)(C)C)c12. The third kappa shape index (κ3) is 7.34. The van der Waals surface area contributed by atoms with Gasteiger partial charge in [-0.1, -0.05) is 163 Å². The molecule has 7 aromatic rings. The molecule has 0 saturated carbocycles. The molecule has 0 saturated heterocycles. The monoisotopic (exact) mass is 788 g/mol. The molecule has 304 valence electrons. The van der Waals surface area contributed by atoms with Gasteiger partial charge in [0.1, 0.15) is 11.2 Å². The average molecular weight is 789 g/mol. The molecule has 1 heterocycles. The number of aryl methyl sites for hydroxylation is 1. The van der Waals surface area contributed by atoms with Crippen molar-refractivity contribution in [2.75, 3.05) is 0 Å². The van der Waals surface area contributed by atoms with Crippen molar-refractivity contribution in [3.8, 4) is 34.4 Å². The van der Waals surface area contributed by atoms with Gasteiger partial charge in [0.2, 0.25) is 0 Å².